The van der Waals surface area contributed by atoms with Gasteiger partial charge < -0.3 is 10.6 Å². The highest BCUT2D eigenvalue weighted by Crippen LogP contribution is 2.20. The molecule has 0 radical (unpaired) electrons. The molecule has 1 atom stereocenters. The molecule has 2 N–H and O–H groups in total. The second-order valence-corrected chi connectivity index (χ2v) is 5.31. The Bertz CT molecular complexity index is 448. The van der Waals surface area contributed by atoms with Gasteiger partial charge in [-0.05, 0) is 50.8 Å². The molecule has 0 bridgehead atoms. The van der Waals surface area contributed by atoms with Crippen LogP contribution in [0.4, 0.5) is 0 Å². The van der Waals surface area contributed by atoms with Gasteiger partial charge in [0.05, 0.1) is 0 Å². The Labute approximate surface area is 121 Å². The van der Waals surface area contributed by atoms with Crippen LogP contribution in [0.1, 0.15) is 34.3 Å². The van der Waals surface area contributed by atoms with Crippen molar-refractivity contribution in [3.8, 4) is 0 Å². The topological polar surface area (TPSA) is 46.3 Å². The van der Waals surface area contributed by atoms with E-state index in [-0.39, 0.29) is 18.3 Å². The molecule has 106 valence electrons. The number of nitrogens with two attached hydrogens (primary N) is 1. The van der Waals surface area contributed by atoms with E-state index in [9.17, 15) is 4.79 Å². The van der Waals surface area contributed by atoms with Crippen molar-refractivity contribution in [2.75, 3.05) is 19.6 Å². The van der Waals surface area contributed by atoms with Crippen LogP contribution in [0, 0.1) is 19.8 Å². The summed E-state index contributed by atoms with van der Waals surface area (Å²) in [6, 6.07) is 6.06. The smallest absolute Gasteiger partial charge is 0.254 e. The van der Waals surface area contributed by atoms with Crippen molar-refractivity contribution >= 4 is 18.3 Å². The number of nitrogens with zero attached hydrogens (tertiary/aromatic N) is 1. The fraction of sp³-hybridized carbons (Fsp3) is 0.533. The molecule has 19 heavy (non-hydrogen) atoms. The van der Waals surface area contributed by atoms with Crippen LogP contribution < -0.4 is 5.73 Å². The molecule has 1 heterocycles. The van der Waals surface area contributed by atoms with Crippen LogP contribution in [0.2, 0.25) is 0 Å². The van der Waals surface area contributed by atoms with Crippen molar-refractivity contribution < 1.29 is 4.79 Å². The third kappa shape index (κ3) is 3.71. The Morgan fingerprint density at radius 1 is 1.42 bits per heavy atom. The zero-order chi connectivity index (χ0) is 13.1. The number of aryl methyl sites for hydroxylation is 2. The molecule has 0 aromatic heterocycles. The molecule has 1 aliphatic heterocycles. The standard InChI is InChI=1S/C15H22N2O.ClH/c1-11-5-6-12(2)14(8-11)15(18)17-7-3-4-13(9-16)10-17;/h5-6,8,13H,3-4,7,9-10,16H2,1-2H3;1H. The van der Waals surface area contributed by atoms with E-state index in [0.29, 0.717) is 12.5 Å². The third-order valence-electron chi connectivity index (χ3n) is 3.76. The number of likely N-dealkylation sites (tertiary alicyclic amines) is 1. The monoisotopic (exact) mass is 282 g/mol. The van der Waals surface area contributed by atoms with Crippen LogP contribution >= 0.6 is 12.4 Å². The molecule has 4 heteroatoms. The maximum Gasteiger partial charge on any atom is 0.254 e. The molecular weight excluding hydrogens is 260 g/mol. The molecule has 2 rings (SSSR count). The van der Waals surface area contributed by atoms with Gasteiger partial charge in [-0.1, -0.05) is 17.7 Å². The molecule has 1 aliphatic rings. The van der Waals surface area contributed by atoms with Gasteiger partial charge in [-0.2, -0.15) is 0 Å². The lowest BCUT2D eigenvalue weighted by atomic mass is 9.96. The van der Waals surface area contributed by atoms with E-state index in [1.165, 1.54) is 0 Å². The zero-order valence-corrected chi connectivity index (χ0v) is 12.5. The first kappa shape index (κ1) is 16.0. The van der Waals surface area contributed by atoms with Gasteiger partial charge in [0.2, 0.25) is 0 Å². The van der Waals surface area contributed by atoms with E-state index >= 15 is 0 Å². The summed E-state index contributed by atoms with van der Waals surface area (Å²) in [4.78, 5) is 14.5. The highest BCUT2D eigenvalue weighted by molar-refractivity contribution is 5.95. The molecule has 1 aromatic rings. The number of benzene rings is 1. The molecular formula is C15H23ClN2O. The lowest BCUT2D eigenvalue weighted by molar-refractivity contribution is 0.0677. The number of rotatable bonds is 2. The number of carbonyl (C=O) groups is 1. The lowest BCUT2D eigenvalue weighted by Crippen LogP contribution is -2.42. The summed E-state index contributed by atoms with van der Waals surface area (Å²) >= 11 is 0. The van der Waals surface area contributed by atoms with Crippen LogP contribution in [0.3, 0.4) is 0 Å². The van der Waals surface area contributed by atoms with Crippen molar-refractivity contribution in [1.82, 2.24) is 4.90 Å². The predicted molar refractivity (Wildman–Crippen MR) is 80.8 cm³/mol. The van der Waals surface area contributed by atoms with Gasteiger partial charge in [0.25, 0.3) is 5.91 Å². The average molecular weight is 283 g/mol. The Balaban J connectivity index is 0.00000180. The van der Waals surface area contributed by atoms with Gasteiger partial charge in [0.15, 0.2) is 0 Å². The second kappa shape index (κ2) is 6.92. The highest BCUT2D eigenvalue weighted by atomic mass is 35.5. The van der Waals surface area contributed by atoms with Crippen LogP contribution in [0.25, 0.3) is 0 Å². The van der Waals surface area contributed by atoms with Crippen LogP contribution in [0.15, 0.2) is 18.2 Å². The Kier molecular flexibility index (Phi) is 5.83. The molecule has 1 saturated heterocycles. The Morgan fingerprint density at radius 2 is 2.16 bits per heavy atom. The summed E-state index contributed by atoms with van der Waals surface area (Å²) in [5.41, 5.74) is 8.75. The zero-order valence-electron chi connectivity index (χ0n) is 11.7. The number of carbonyl (C=O) groups excluding carboxylic acids is 1. The SMILES string of the molecule is Cc1ccc(C)c(C(=O)N2CCCC(CN)C2)c1.Cl. The molecule has 1 aromatic carbocycles. The molecule has 1 unspecified atom stereocenters. The summed E-state index contributed by atoms with van der Waals surface area (Å²) in [7, 11) is 0. The molecule has 3 nitrogen and oxygen atoms in total. The molecule has 1 amide bonds. The first-order valence-corrected chi connectivity index (χ1v) is 6.68. The van der Waals surface area contributed by atoms with Gasteiger partial charge in [-0.3, -0.25) is 4.79 Å². The summed E-state index contributed by atoms with van der Waals surface area (Å²) in [6.07, 6.45) is 2.21. The summed E-state index contributed by atoms with van der Waals surface area (Å²) in [5.74, 6) is 0.627. The van der Waals surface area contributed by atoms with E-state index < -0.39 is 0 Å². The maximum absolute atomic E-state index is 12.5. The van der Waals surface area contributed by atoms with E-state index in [1.54, 1.807) is 0 Å². The Morgan fingerprint density at radius 3 is 2.84 bits per heavy atom. The number of amides is 1. The number of hydrogen-bond acceptors (Lipinski definition) is 2. The summed E-state index contributed by atoms with van der Waals surface area (Å²) in [6.45, 7) is 6.37. The van der Waals surface area contributed by atoms with Crippen LogP contribution in [-0.4, -0.2) is 30.4 Å². The largest absolute Gasteiger partial charge is 0.338 e. The van der Waals surface area contributed by atoms with E-state index in [0.717, 1.165) is 42.6 Å². The number of halogens is 1. The quantitative estimate of drug-likeness (QED) is 0.906. The van der Waals surface area contributed by atoms with Crippen molar-refractivity contribution in [3.63, 3.8) is 0 Å². The molecule has 0 spiro atoms. The molecule has 1 fully saturated rings. The van der Waals surface area contributed by atoms with Crippen LogP contribution in [-0.2, 0) is 0 Å². The van der Waals surface area contributed by atoms with Crippen molar-refractivity contribution in [1.29, 1.82) is 0 Å². The summed E-state index contributed by atoms with van der Waals surface area (Å²) in [5, 5.41) is 0. The first-order valence-electron chi connectivity index (χ1n) is 6.68. The van der Waals surface area contributed by atoms with Gasteiger partial charge in [0, 0.05) is 18.7 Å². The third-order valence-corrected chi connectivity index (χ3v) is 3.76. The van der Waals surface area contributed by atoms with Crippen LogP contribution in [0.5, 0.6) is 0 Å². The molecule has 0 saturated carbocycles. The fourth-order valence-corrected chi connectivity index (χ4v) is 2.58. The average Bonchev–Trinajstić information content (AvgIpc) is 2.41. The van der Waals surface area contributed by atoms with Gasteiger partial charge in [0.1, 0.15) is 0 Å². The minimum absolute atomic E-state index is 0. The predicted octanol–water partition coefficient (Wildman–Crippen LogP) is 2.54. The minimum atomic E-state index is 0. The van der Waals surface area contributed by atoms with Crippen molar-refractivity contribution in [2.45, 2.75) is 26.7 Å². The van der Waals surface area contributed by atoms with Gasteiger partial charge in [-0.15, -0.1) is 12.4 Å². The lowest BCUT2D eigenvalue weighted by Gasteiger charge is -2.32. The highest BCUT2D eigenvalue weighted by Gasteiger charge is 2.24. The van der Waals surface area contributed by atoms with E-state index in [1.807, 2.05) is 36.9 Å². The number of hydrogen-bond donors (Lipinski definition) is 1. The van der Waals surface area contributed by atoms with Gasteiger partial charge in [-0.25, -0.2) is 0 Å². The van der Waals surface area contributed by atoms with Crippen molar-refractivity contribution in [3.05, 3.63) is 34.9 Å². The first-order chi connectivity index (χ1) is 8.61. The normalized spacial score (nSPS) is 18.9. The number of piperidine rings is 1. The maximum atomic E-state index is 12.5. The van der Waals surface area contributed by atoms with Gasteiger partial charge >= 0.3 is 0 Å². The fourth-order valence-electron chi connectivity index (χ4n) is 2.58. The molecule has 0 aliphatic carbocycles. The van der Waals surface area contributed by atoms with Crippen molar-refractivity contribution in [2.24, 2.45) is 11.7 Å². The van der Waals surface area contributed by atoms with E-state index in [4.69, 9.17) is 5.73 Å². The second-order valence-electron chi connectivity index (χ2n) is 5.31. The Hall–Kier alpha value is -1.06. The minimum Gasteiger partial charge on any atom is -0.338 e. The summed E-state index contributed by atoms with van der Waals surface area (Å²) < 4.78 is 0. The van der Waals surface area contributed by atoms with E-state index in [2.05, 4.69) is 0 Å².